The fourth-order valence-corrected chi connectivity index (χ4v) is 6.47. The lowest BCUT2D eigenvalue weighted by atomic mass is 9.96. The molecule has 0 aromatic heterocycles. The van der Waals surface area contributed by atoms with Crippen LogP contribution in [0.2, 0.25) is 0 Å². The standard InChI is InChI=1S/C42H67NO12/c1-6-7-8-9-10-11-12-13-14-15-16-17-18-19-23-26-38(48)51-28-36(50-27-35-24-21-20-22-25-35)29-52-42-39(43-31(2)44)41(54-34(5)47)40(53-33(4)46)37(55-42)30-49-32(3)45/h20-22,24-25,36-37,39-42H,6-19,23,26-30H2,1-5H3,(H,43,44)/t36?,37-,39-,40-,41-,42+/m1/s1. The van der Waals surface area contributed by atoms with Crippen LogP contribution < -0.4 is 5.32 Å². The second-order valence-corrected chi connectivity index (χ2v) is 14.4. The third-order valence-corrected chi connectivity index (χ3v) is 9.26. The van der Waals surface area contributed by atoms with Gasteiger partial charge in [-0.25, -0.2) is 0 Å². The zero-order valence-electron chi connectivity index (χ0n) is 33.9. The molecule has 1 fully saturated rings. The molecule has 0 bridgehead atoms. The van der Waals surface area contributed by atoms with Crippen LogP contribution in [0.1, 0.15) is 143 Å². The lowest BCUT2D eigenvalue weighted by Crippen LogP contribution is -2.66. The SMILES string of the molecule is CCCCCCCCCCCCCCCCCC(=O)OCC(CO[C@H]1O[C@H](COC(C)=O)[C@@H](OC(C)=O)[C@H](OC(C)=O)[C@H]1NC(C)=O)OCc1ccccc1. The zero-order valence-corrected chi connectivity index (χ0v) is 33.9. The Labute approximate surface area is 328 Å². The Kier molecular flexibility index (Phi) is 24.9. The first-order valence-electron chi connectivity index (χ1n) is 20.3. The van der Waals surface area contributed by atoms with Crippen molar-refractivity contribution in [2.75, 3.05) is 19.8 Å². The molecule has 0 radical (unpaired) electrons. The molecule has 1 saturated heterocycles. The molecule has 0 aliphatic carbocycles. The van der Waals surface area contributed by atoms with Crippen molar-refractivity contribution in [1.82, 2.24) is 5.32 Å². The maximum Gasteiger partial charge on any atom is 0.305 e. The Morgan fingerprint density at radius 1 is 0.673 bits per heavy atom. The number of carbonyl (C=O) groups is 5. The molecule has 55 heavy (non-hydrogen) atoms. The van der Waals surface area contributed by atoms with Gasteiger partial charge in [-0.15, -0.1) is 0 Å². The molecule has 1 aromatic rings. The van der Waals surface area contributed by atoms with Crippen LogP contribution in [0.4, 0.5) is 0 Å². The van der Waals surface area contributed by atoms with E-state index in [1.807, 2.05) is 30.3 Å². The van der Waals surface area contributed by atoms with E-state index in [0.29, 0.717) is 6.42 Å². The van der Waals surface area contributed by atoms with E-state index >= 15 is 0 Å². The van der Waals surface area contributed by atoms with Gasteiger partial charge in [0.2, 0.25) is 5.91 Å². The van der Waals surface area contributed by atoms with Gasteiger partial charge in [0.05, 0.1) is 13.2 Å². The number of unbranched alkanes of at least 4 members (excludes halogenated alkanes) is 14. The predicted molar refractivity (Wildman–Crippen MR) is 205 cm³/mol. The van der Waals surface area contributed by atoms with Crippen LogP contribution in [-0.2, 0) is 63.7 Å². The van der Waals surface area contributed by atoms with Crippen molar-refractivity contribution in [3.8, 4) is 0 Å². The van der Waals surface area contributed by atoms with Crippen molar-refractivity contribution >= 4 is 29.8 Å². The summed E-state index contributed by atoms with van der Waals surface area (Å²) in [5.74, 6) is -2.87. The van der Waals surface area contributed by atoms with E-state index < -0.39 is 60.6 Å². The normalized spacial score (nSPS) is 19.9. The van der Waals surface area contributed by atoms with Crippen LogP contribution in [-0.4, -0.2) is 86.4 Å². The quantitative estimate of drug-likeness (QED) is 0.0502. The largest absolute Gasteiger partial charge is 0.463 e. The van der Waals surface area contributed by atoms with Gasteiger partial charge in [0.15, 0.2) is 18.5 Å². The van der Waals surface area contributed by atoms with Crippen molar-refractivity contribution in [3.05, 3.63) is 35.9 Å². The van der Waals surface area contributed by atoms with Gasteiger partial charge >= 0.3 is 23.9 Å². The summed E-state index contributed by atoms with van der Waals surface area (Å²) in [6.45, 7) is 6.63. The molecule has 1 heterocycles. The van der Waals surface area contributed by atoms with Crippen molar-refractivity contribution in [3.63, 3.8) is 0 Å². The summed E-state index contributed by atoms with van der Waals surface area (Å²) in [4.78, 5) is 61.0. The van der Waals surface area contributed by atoms with Crippen LogP contribution in [0.5, 0.6) is 0 Å². The first kappa shape index (κ1) is 47.6. The predicted octanol–water partition coefficient (Wildman–Crippen LogP) is 7.05. The number of esters is 4. The summed E-state index contributed by atoms with van der Waals surface area (Å²) in [5, 5.41) is 2.68. The van der Waals surface area contributed by atoms with Gasteiger partial charge in [-0.05, 0) is 12.0 Å². The maximum atomic E-state index is 12.8. The maximum absolute atomic E-state index is 12.8. The van der Waals surface area contributed by atoms with Crippen LogP contribution in [0, 0.1) is 0 Å². The molecule has 0 spiro atoms. The molecule has 13 heteroatoms. The Morgan fingerprint density at radius 2 is 1.22 bits per heavy atom. The van der Waals surface area contributed by atoms with E-state index in [1.54, 1.807) is 0 Å². The van der Waals surface area contributed by atoms with Gasteiger partial charge in [0, 0.05) is 34.1 Å². The molecule has 13 nitrogen and oxygen atoms in total. The van der Waals surface area contributed by atoms with Crippen LogP contribution in [0.15, 0.2) is 30.3 Å². The van der Waals surface area contributed by atoms with Gasteiger partial charge in [0.25, 0.3) is 0 Å². The summed E-state index contributed by atoms with van der Waals surface area (Å²) < 4.78 is 40.2. The average Bonchev–Trinajstić information content (AvgIpc) is 3.14. The smallest absolute Gasteiger partial charge is 0.305 e. The Balaban J connectivity index is 1.94. The van der Waals surface area contributed by atoms with Crippen molar-refractivity contribution in [1.29, 1.82) is 0 Å². The lowest BCUT2D eigenvalue weighted by molar-refractivity contribution is -0.283. The number of carbonyl (C=O) groups excluding carboxylic acids is 5. The monoisotopic (exact) mass is 777 g/mol. The lowest BCUT2D eigenvalue weighted by Gasteiger charge is -2.45. The van der Waals surface area contributed by atoms with Crippen LogP contribution >= 0.6 is 0 Å². The minimum atomic E-state index is -1.28. The van der Waals surface area contributed by atoms with E-state index in [9.17, 15) is 24.0 Å². The van der Waals surface area contributed by atoms with E-state index in [4.69, 9.17) is 33.2 Å². The van der Waals surface area contributed by atoms with E-state index in [2.05, 4.69) is 12.2 Å². The minimum Gasteiger partial charge on any atom is -0.463 e. The van der Waals surface area contributed by atoms with Crippen molar-refractivity contribution < 1.29 is 57.1 Å². The molecular weight excluding hydrogens is 710 g/mol. The van der Waals surface area contributed by atoms with Crippen molar-refractivity contribution in [2.24, 2.45) is 0 Å². The molecule has 1 unspecified atom stereocenters. The molecule has 312 valence electrons. The van der Waals surface area contributed by atoms with Gasteiger partial charge in [0.1, 0.15) is 31.5 Å². The van der Waals surface area contributed by atoms with Gasteiger partial charge in [-0.1, -0.05) is 127 Å². The van der Waals surface area contributed by atoms with E-state index in [-0.39, 0.29) is 32.4 Å². The molecule has 1 aliphatic heterocycles. The molecule has 1 N–H and O–H groups in total. The molecule has 1 aromatic carbocycles. The fourth-order valence-electron chi connectivity index (χ4n) is 6.47. The second-order valence-electron chi connectivity index (χ2n) is 14.4. The summed E-state index contributed by atoms with van der Waals surface area (Å²) >= 11 is 0. The van der Waals surface area contributed by atoms with E-state index in [1.165, 1.54) is 105 Å². The summed E-state index contributed by atoms with van der Waals surface area (Å²) in [7, 11) is 0. The highest BCUT2D eigenvalue weighted by Gasteiger charge is 2.51. The first-order chi connectivity index (χ1) is 26.5. The van der Waals surface area contributed by atoms with Crippen LogP contribution in [0.3, 0.4) is 0 Å². The number of ether oxygens (including phenoxy) is 7. The topological polar surface area (TPSA) is 162 Å². The molecule has 1 aliphatic rings. The Morgan fingerprint density at radius 3 is 1.75 bits per heavy atom. The highest BCUT2D eigenvalue weighted by Crippen LogP contribution is 2.28. The Hall–Kier alpha value is -3.55. The van der Waals surface area contributed by atoms with Gasteiger partial charge in [-0.2, -0.15) is 0 Å². The molecular formula is C42H67NO12. The number of hydrogen-bond acceptors (Lipinski definition) is 12. The summed E-state index contributed by atoms with van der Waals surface area (Å²) in [5.41, 5.74) is 0.891. The first-order valence-corrected chi connectivity index (χ1v) is 20.3. The number of nitrogens with one attached hydrogen (secondary N) is 1. The second kappa shape index (κ2) is 28.8. The number of amides is 1. The molecule has 6 atom stereocenters. The highest BCUT2D eigenvalue weighted by atomic mass is 16.7. The average molecular weight is 778 g/mol. The minimum absolute atomic E-state index is 0.109. The van der Waals surface area contributed by atoms with Gasteiger partial charge in [-0.3, -0.25) is 24.0 Å². The third-order valence-electron chi connectivity index (χ3n) is 9.26. The summed E-state index contributed by atoms with van der Waals surface area (Å²) in [6.07, 6.45) is 13.2. The van der Waals surface area contributed by atoms with Crippen molar-refractivity contribution in [2.45, 2.75) is 181 Å². The van der Waals surface area contributed by atoms with Crippen LogP contribution in [0.25, 0.3) is 0 Å². The third kappa shape index (κ3) is 22.0. The number of hydrogen-bond donors (Lipinski definition) is 1. The molecule has 0 saturated carbocycles. The van der Waals surface area contributed by atoms with E-state index in [0.717, 1.165) is 24.8 Å². The fraction of sp³-hybridized carbons (Fsp3) is 0.738. The highest BCUT2D eigenvalue weighted by molar-refractivity contribution is 5.73. The Bertz CT molecular complexity index is 1240. The molecule has 1 amide bonds. The summed E-state index contributed by atoms with van der Waals surface area (Å²) in [6, 6.07) is 8.32. The number of benzene rings is 1. The van der Waals surface area contributed by atoms with Gasteiger partial charge < -0.3 is 38.5 Å². The molecule has 2 rings (SSSR count). The zero-order chi connectivity index (χ0) is 40.3. The number of rotatable bonds is 29.